The second kappa shape index (κ2) is 9.00. The monoisotopic (exact) mass is 447 g/mol. The second-order valence-electron chi connectivity index (χ2n) is 7.73. The molecule has 0 spiro atoms. The van der Waals surface area contributed by atoms with E-state index >= 15 is 0 Å². The van der Waals surface area contributed by atoms with Crippen LogP contribution in [-0.4, -0.2) is 24.3 Å². The molecule has 0 radical (unpaired) electrons. The quantitative estimate of drug-likeness (QED) is 0.201. The molecule has 0 N–H and O–H groups in total. The van der Waals surface area contributed by atoms with Crippen LogP contribution < -0.4 is 0 Å². The molecule has 0 aliphatic rings. The number of aryl methyl sites for hydroxylation is 3. The van der Waals surface area contributed by atoms with Crippen molar-refractivity contribution in [2.45, 2.75) is 45.1 Å². The first-order valence-corrected chi connectivity index (χ1v) is 11.4. The van der Waals surface area contributed by atoms with Crippen LogP contribution in [0.5, 0.6) is 0 Å². The van der Waals surface area contributed by atoms with E-state index in [9.17, 15) is 10.1 Å². The Morgan fingerprint density at radius 3 is 2.28 bits per heavy atom. The molecule has 0 unspecified atom stereocenters. The van der Waals surface area contributed by atoms with Crippen LogP contribution in [0.2, 0.25) is 0 Å². The first-order chi connectivity index (χ1) is 15.4. The Hall–Kier alpha value is -3.39. The maximum atomic E-state index is 11.4. The number of benzene rings is 2. The molecule has 0 amide bonds. The highest BCUT2D eigenvalue weighted by molar-refractivity contribution is 7.98. The summed E-state index contributed by atoms with van der Waals surface area (Å²) >= 11 is 1.47. The van der Waals surface area contributed by atoms with Crippen molar-refractivity contribution >= 4 is 17.4 Å². The van der Waals surface area contributed by atoms with Gasteiger partial charge in [0.1, 0.15) is 0 Å². The van der Waals surface area contributed by atoms with Crippen molar-refractivity contribution in [3.8, 4) is 17.1 Å². The third kappa shape index (κ3) is 4.18. The highest BCUT2D eigenvalue weighted by Crippen LogP contribution is 2.30. The molecule has 0 aliphatic heterocycles. The summed E-state index contributed by atoms with van der Waals surface area (Å²) in [4.78, 5) is 11.0. The molecule has 0 fully saturated rings. The highest BCUT2D eigenvalue weighted by Gasteiger charge is 2.17. The molecule has 0 saturated heterocycles. The Balaban J connectivity index is 1.59. The van der Waals surface area contributed by atoms with Crippen LogP contribution in [0.3, 0.4) is 0 Å². The predicted octanol–water partition coefficient (Wildman–Crippen LogP) is 5.88. The minimum atomic E-state index is -0.332. The Bertz CT molecular complexity index is 1250. The summed E-state index contributed by atoms with van der Waals surface area (Å²) in [5.41, 5.74) is 6.30. The van der Waals surface area contributed by atoms with E-state index in [4.69, 9.17) is 0 Å². The Labute approximate surface area is 191 Å². The van der Waals surface area contributed by atoms with Gasteiger partial charge in [0.15, 0.2) is 11.0 Å². The van der Waals surface area contributed by atoms with Gasteiger partial charge >= 0.3 is 0 Å². The molecule has 0 bridgehead atoms. The summed E-state index contributed by atoms with van der Waals surface area (Å²) in [5, 5.41) is 20.9. The highest BCUT2D eigenvalue weighted by atomic mass is 32.2. The third-order valence-electron chi connectivity index (χ3n) is 5.48. The van der Waals surface area contributed by atoms with Gasteiger partial charge in [-0.3, -0.25) is 10.1 Å². The summed E-state index contributed by atoms with van der Waals surface area (Å²) < 4.78 is 4.26. The molecule has 2 aromatic carbocycles. The van der Waals surface area contributed by atoms with Crippen molar-refractivity contribution in [1.82, 2.24) is 19.3 Å². The molecular weight excluding hydrogens is 422 g/mol. The Kier molecular flexibility index (Phi) is 6.14. The van der Waals surface area contributed by atoms with E-state index in [1.54, 1.807) is 12.1 Å². The smallest absolute Gasteiger partial charge is 0.273 e. The number of hydrogen-bond acceptors (Lipinski definition) is 5. The summed E-state index contributed by atoms with van der Waals surface area (Å²) in [6, 6.07) is 17.7. The molecular formula is C24H25N5O2S. The topological polar surface area (TPSA) is 78.8 Å². The van der Waals surface area contributed by atoms with Crippen molar-refractivity contribution in [1.29, 1.82) is 0 Å². The second-order valence-corrected chi connectivity index (χ2v) is 8.67. The van der Waals surface area contributed by atoms with Gasteiger partial charge < -0.3 is 9.13 Å². The summed E-state index contributed by atoms with van der Waals surface area (Å²) in [7, 11) is 0. The van der Waals surface area contributed by atoms with Gasteiger partial charge in [0.25, 0.3) is 5.69 Å². The van der Waals surface area contributed by atoms with Crippen LogP contribution in [0.4, 0.5) is 5.69 Å². The van der Waals surface area contributed by atoms with Gasteiger partial charge in [-0.1, -0.05) is 23.4 Å². The number of aromatic nitrogens is 4. The molecule has 0 atom stereocenters. The molecule has 7 nitrogen and oxygen atoms in total. The van der Waals surface area contributed by atoms with Crippen molar-refractivity contribution in [3.05, 3.63) is 87.2 Å². The van der Waals surface area contributed by atoms with Gasteiger partial charge in [-0.25, -0.2) is 0 Å². The van der Waals surface area contributed by atoms with Crippen LogP contribution >= 0.6 is 11.8 Å². The fourth-order valence-electron chi connectivity index (χ4n) is 3.88. The maximum Gasteiger partial charge on any atom is 0.273 e. The fourth-order valence-corrected chi connectivity index (χ4v) is 4.87. The molecule has 2 heterocycles. The van der Waals surface area contributed by atoms with Gasteiger partial charge in [0, 0.05) is 46.6 Å². The van der Waals surface area contributed by atoms with E-state index in [1.807, 2.05) is 24.5 Å². The number of rotatable bonds is 7. The minimum Gasteiger partial charge on any atom is -0.319 e. The average Bonchev–Trinajstić information content (AvgIpc) is 3.34. The molecule has 2 aromatic heterocycles. The minimum absolute atomic E-state index is 0.136. The first kappa shape index (κ1) is 21.8. The standard InChI is InChI=1S/C24H25N5O2S/c1-5-27-23(19-9-11-21(12-10-19)28-17(3)7-8-18(28)4)25-26-24(27)32-15-20-14-16(2)6-13-22(20)29(30)31/h6-14H,5,15H2,1-4H3. The SMILES string of the molecule is CCn1c(SCc2cc(C)ccc2[N+](=O)[O-])nnc1-c1ccc(-n2c(C)ccc2C)cc1. The van der Waals surface area contributed by atoms with Crippen molar-refractivity contribution in [3.63, 3.8) is 0 Å². The van der Waals surface area contributed by atoms with Crippen LogP contribution in [0.15, 0.2) is 59.8 Å². The van der Waals surface area contributed by atoms with E-state index in [0.29, 0.717) is 17.9 Å². The lowest BCUT2D eigenvalue weighted by Crippen LogP contribution is -2.01. The lowest BCUT2D eigenvalue weighted by Gasteiger charge is -2.11. The summed E-state index contributed by atoms with van der Waals surface area (Å²) in [6.07, 6.45) is 0. The zero-order valence-electron chi connectivity index (χ0n) is 18.6. The van der Waals surface area contributed by atoms with E-state index < -0.39 is 0 Å². The number of nitro benzene ring substituents is 1. The molecule has 32 heavy (non-hydrogen) atoms. The van der Waals surface area contributed by atoms with Crippen molar-refractivity contribution in [2.75, 3.05) is 0 Å². The predicted molar refractivity (Wildman–Crippen MR) is 127 cm³/mol. The molecule has 0 aliphatic carbocycles. The number of thioether (sulfide) groups is 1. The molecule has 164 valence electrons. The van der Waals surface area contributed by atoms with E-state index in [0.717, 1.165) is 27.8 Å². The third-order valence-corrected chi connectivity index (χ3v) is 6.49. The normalized spacial score (nSPS) is 11.1. The maximum absolute atomic E-state index is 11.4. The van der Waals surface area contributed by atoms with Gasteiger partial charge in [-0.05, 0) is 70.2 Å². The lowest BCUT2D eigenvalue weighted by atomic mass is 10.1. The van der Waals surface area contributed by atoms with Crippen molar-refractivity contribution < 1.29 is 4.92 Å². The van der Waals surface area contributed by atoms with Crippen molar-refractivity contribution in [2.24, 2.45) is 0 Å². The van der Waals surface area contributed by atoms with Crippen LogP contribution in [0.1, 0.15) is 29.4 Å². The van der Waals surface area contributed by atoms with E-state index in [2.05, 4.69) is 65.0 Å². The Morgan fingerprint density at radius 1 is 0.969 bits per heavy atom. The molecule has 0 saturated carbocycles. The number of nitro groups is 1. The number of nitrogens with zero attached hydrogens (tertiary/aromatic N) is 5. The lowest BCUT2D eigenvalue weighted by molar-refractivity contribution is -0.385. The van der Waals surface area contributed by atoms with Crippen LogP contribution in [0.25, 0.3) is 17.1 Å². The average molecular weight is 448 g/mol. The van der Waals surface area contributed by atoms with Gasteiger partial charge in [0.05, 0.1) is 4.92 Å². The Morgan fingerprint density at radius 2 is 1.66 bits per heavy atom. The largest absolute Gasteiger partial charge is 0.319 e. The van der Waals surface area contributed by atoms with Gasteiger partial charge in [0.2, 0.25) is 0 Å². The summed E-state index contributed by atoms with van der Waals surface area (Å²) in [5.74, 6) is 1.25. The summed E-state index contributed by atoms with van der Waals surface area (Å²) in [6.45, 7) is 8.88. The van der Waals surface area contributed by atoms with Crippen LogP contribution in [-0.2, 0) is 12.3 Å². The fraction of sp³-hybridized carbons (Fsp3) is 0.250. The van der Waals surface area contributed by atoms with Crippen LogP contribution in [0, 0.1) is 30.9 Å². The van der Waals surface area contributed by atoms with Gasteiger partial charge in [-0.2, -0.15) is 0 Å². The number of hydrogen-bond donors (Lipinski definition) is 0. The first-order valence-electron chi connectivity index (χ1n) is 10.4. The van der Waals surface area contributed by atoms with Gasteiger partial charge in [-0.15, -0.1) is 10.2 Å². The molecule has 4 aromatic rings. The zero-order chi connectivity index (χ0) is 22.8. The molecule has 8 heteroatoms. The zero-order valence-corrected chi connectivity index (χ0v) is 19.4. The molecule has 4 rings (SSSR count). The van der Waals surface area contributed by atoms with E-state index in [-0.39, 0.29) is 10.6 Å². The van der Waals surface area contributed by atoms with E-state index in [1.165, 1.54) is 23.1 Å².